The second-order valence-electron chi connectivity index (χ2n) is 7.62. The van der Waals surface area contributed by atoms with Gasteiger partial charge in [-0.2, -0.15) is 10.4 Å². The summed E-state index contributed by atoms with van der Waals surface area (Å²) in [5, 5.41) is 14.8. The Morgan fingerprint density at radius 2 is 1.91 bits per heavy atom. The molecule has 0 saturated carbocycles. The van der Waals surface area contributed by atoms with E-state index in [0.29, 0.717) is 33.2 Å². The van der Waals surface area contributed by atoms with E-state index in [1.807, 2.05) is 49.6 Å². The molecule has 0 aliphatic heterocycles. The van der Waals surface area contributed by atoms with Crippen molar-refractivity contribution in [3.63, 3.8) is 0 Å². The summed E-state index contributed by atoms with van der Waals surface area (Å²) < 4.78 is 7.60. The molecule has 0 amide bonds. The number of nitrogens with zero attached hydrogens (tertiary/aromatic N) is 6. The van der Waals surface area contributed by atoms with Crippen molar-refractivity contribution in [3.8, 4) is 34.6 Å². The predicted octanol–water partition coefficient (Wildman–Crippen LogP) is 4.78. The molecule has 0 aliphatic carbocycles. The normalized spacial score (nSPS) is 10.9. The summed E-state index contributed by atoms with van der Waals surface area (Å²) in [6.45, 7) is 0.218. The van der Waals surface area contributed by atoms with E-state index in [9.17, 15) is 0 Å². The molecule has 5 aromatic rings. The van der Waals surface area contributed by atoms with Gasteiger partial charge in [-0.3, -0.25) is 9.67 Å². The molecule has 0 aliphatic rings. The maximum Gasteiger partial charge on any atom is 0.258 e. The monoisotopic (exact) mass is 467 g/mol. The van der Waals surface area contributed by atoms with Gasteiger partial charge in [-0.25, -0.2) is 9.97 Å². The number of anilines is 1. The first-order chi connectivity index (χ1) is 16.5. The van der Waals surface area contributed by atoms with Crippen molar-refractivity contribution in [2.75, 3.05) is 5.73 Å². The number of hydrogen-bond donors (Lipinski definition) is 1. The Labute approximate surface area is 200 Å². The summed E-state index contributed by atoms with van der Waals surface area (Å²) in [5.41, 5.74) is 10.8. The lowest BCUT2D eigenvalue weighted by Gasteiger charge is -2.13. The molecule has 34 heavy (non-hydrogen) atoms. The summed E-state index contributed by atoms with van der Waals surface area (Å²) in [7, 11) is 1.83. The lowest BCUT2D eigenvalue weighted by molar-refractivity contribution is 0.295. The molecule has 2 N–H and O–H groups in total. The van der Waals surface area contributed by atoms with Crippen LogP contribution in [-0.2, 0) is 13.7 Å². The number of pyridine rings is 1. The number of ether oxygens (including phenoxy) is 1. The zero-order valence-electron chi connectivity index (χ0n) is 18.1. The van der Waals surface area contributed by atoms with Crippen molar-refractivity contribution >= 4 is 28.3 Å². The van der Waals surface area contributed by atoms with E-state index in [-0.39, 0.29) is 18.3 Å². The highest BCUT2D eigenvalue weighted by molar-refractivity contribution is 6.35. The zero-order chi connectivity index (χ0) is 23.7. The number of hydrogen-bond acceptors (Lipinski definition) is 7. The molecule has 0 saturated heterocycles. The molecule has 3 aromatic heterocycles. The highest BCUT2D eigenvalue weighted by Gasteiger charge is 2.19. The van der Waals surface area contributed by atoms with Crippen LogP contribution in [0.1, 0.15) is 11.1 Å². The summed E-state index contributed by atoms with van der Waals surface area (Å²) in [4.78, 5) is 13.7. The Hall–Kier alpha value is -4.48. The molecule has 0 fully saturated rings. The van der Waals surface area contributed by atoms with Gasteiger partial charge in [0.2, 0.25) is 0 Å². The van der Waals surface area contributed by atoms with Crippen LogP contribution in [0.5, 0.6) is 5.88 Å². The van der Waals surface area contributed by atoms with Gasteiger partial charge in [-0.05, 0) is 42.0 Å². The van der Waals surface area contributed by atoms with Crippen molar-refractivity contribution in [3.05, 3.63) is 83.1 Å². The third-order valence-corrected chi connectivity index (χ3v) is 5.52. The molecule has 0 unspecified atom stereocenters. The van der Waals surface area contributed by atoms with Crippen molar-refractivity contribution in [2.45, 2.75) is 6.61 Å². The number of nitriles is 1. The Morgan fingerprint density at radius 3 is 2.65 bits per heavy atom. The molecule has 3 heterocycles. The first-order valence-electron chi connectivity index (χ1n) is 10.4. The van der Waals surface area contributed by atoms with Crippen LogP contribution >= 0.6 is 11.6 Å². The van der Waals surface area contributed by atoms with Crippen molar-refractivity contribution in [1.82, 2.24) is 24.7 Å². The highest BCUT2D eigenvalue weighted by Crippen LogP contribution is 2.36. The zero-order valence-corrected chi connectivity index (χ0v) is 18.9. The van der Waals surface area contributed by atoms with Crippen LogP contribution in [0.3, 0.4) is 0 Å². The minimum absolute atomic E-state index is 0.145. The van der Waals surface area contributed by atoms with E-state index in [1.54, 1.807) is 29.1 Å². The molecular weight excluding hydrogens is 450 g/mol. The predicted molar refractivity (Wildman–Crippen MR) is 130 cm³/mol. The number of aryl methyl sites for hydroxylation is 1. The molecule has 2 aromatic carbocycles. The van der Waals surface area contributed by atoms with Gasteiger partial charge in [-0.15, -0.1) is 0 Å². The standard InChI is InChI=1S/C25H18ClN7O/c1-33-10-8-20(32-33)23-22(18-11-17-3-2-9-29-21(17)19(26)12-18)31-25(24(28)30-23)34-14-16-6-4-15(13-27)5-7-16/h2-12H,14H2,1H3,(H2,28,30). The second kappa shape index (κ2) is 8.81. The number of benzene rings is 2. The number of nitrogen functional groups attached to an aromatic ring is 1. The molecular formula is C25H18ClN7O. The van der Waals surface area contributed by atoms with Crippen LogP contribution in [0.25, 0.3) is 33.5 Å². The summed E-state index contributed by atoms with van der Waals surface area (Å²) in [6, 6.07) is 18.6. The number of fused-ring (bicyclic) bond motifs is 1. The van der Waals surface area contributed by atoms with E-state index in [1.165, 1.54) is 0 Å². The van der Waals surface area contributed by atoms with Crippen molar-refractivity contribution < 1.29 is 4.74 Å². The fourth-order valence-corrected chi connectivity index (χ4v) is 3.85. The van der Waals surface area contributed by atoms with Crippen molar-refractivity contribution in [1.29, 1.82) is 5.26 Å². The maximum atomic E-state index is 8.98. The van der Waals surface area contributed by atoms with Gasteiger partial charge < -0.3 is 10.5 Å². The molecule has 8 nitrogen and oxygen atoms in total. The highest BCUT2D eigenvalue weighted by atomic mass is 35.5. The average molecular weight is 468 g/mol. The van der Waals surface area contributed by atoms with Gasteiger partial charge >= 0.3 is 0 Å². The molecule has 9 heteroatoms. The fraction of sp³-hybridized carbons (Fsp3) is 0.0800. The Balaban J connectivity index is 1.60. The fourth-order valence-electron chi connectivity index (χ4n) is 3.57. The van der Waals surface area contributed by atoms with Gasteiger partial charge in [0.05, 0.1) is 22.2 Å². The molecule has 0 spiro atoms. The van der Waals surface area contributed by atoms with E-state index in [2.05, 4.69) is 21.1 Å². The first-order valence-corrected chi connectivity index (χ1v) is 10.7. The number of nitrogens with two attached hydrogens (primary N) is 1. The molecule has 166 valence electrons. The van der Waals surface area contributed by atoms with Crippen LogP contribution in [0.4, 0.5) is 5.82 Å². The molecule has 5 rings (SSSR count). The van der Waals surface area contributed by atoms with Gasteiger partial charge in [0, 0.05) is 30.4 Å². The minimum Gasteiger partial charge on any atom is -0.470 e. The second-order valence-corrected chi connectivity index (χ2v) is 8.02. The number of aromatic nitrogens is 5. The lowest BCUT2D eigenvalue weighted by Crippen LogP contribution is -2.06. The minimum atomic E-state index is 0.145. The van der Waals surface area contributed by atoms with Gasteiger partial charge in [0.15, 0.2) is 5.82 Å². The third kappa shape index (κ3) is 4.12. The summed E-state index contributed by atoms with van der Waals surface area (Å²) >= 11 is 6.54. The maximum absolute atomic E-state index is 8.98. The Kier molecular flexibility index (Phi) is 5.54. The Bertz CT molecular complexity index is 1550. The topological polar surface area (TPSA) is 116 Å². The van der Waals surface area contributed by atoms with E-state index < -0.39 is 0 Å². The third-order valence-electron chi connectivity index (χ3n) is 5.24. The van der Waals surface area contributed by atoms with Crippen LogP contribution in [0, 0.1) is 11.3 Å². The van der Waals surface area contributed by atoms with E-state index in [0.717, 1.165) is 16.5 Å². The van der Waals surface area contributed by atoms with E-state index >= 15 is 0 Å². The van der Waals surface area contributed by atoms with E-state index in [4.69, 9.17) is 32.3 Å². The van der Waals surface area contributed by atoms with Gasteiger partial charge in [0.1, 0.15) is 23.7 Å². The average Bonchev–Trinajstić information content (AvgIpc) is 3.29. The van der Waals surface area contributed by atoms with Crippen LogP contribution < -0.4 is 10.5 Å². The molecule has 0 atom stereocenters. The van der Waals surface area contributed by atoms with Crippen LogP contribution in [0.2, 0.25) is 5.02 Å². The SMILES string of the molecule is Cn1ccc(-c2nc(N)c(OCc3ccc(C#N)cc3)nc2-c2cc(Cl)c3ncccc3c2)n1. The van der Waals surface area contributed by atoms with Crippen molar-refractivity contribution in [2.24, 2.45) is 7.05 Å². The van der Waals surface area contributed by atoms with Crippen LogP contribution in [-0.4, -0.2) is 24.7 Å². The number of halogens is 1. The van der Waals surface area contributed by atoms with Gasteiger partial charge in [-0.1, -0.05) is 29.8 Å². The number of rotatable bonds is 5. The van der Waals surface area contributed by atoms with Crippen LogP contribution in [0.15, 0.2) is 67.0 Å². The lowest BCUT2D eigenvalue weighted by atomic mass is 10.0. The molecule has 0 bridgehead atoms. The largest absolute Gasteiger partial charge is 0.470 e. The summed E-state index contributed by atoms with van der Waals surface area (Å²) in [5.74, 6) is 0.341. The smallest absolute Gasteiger partial charge is 0.258 e. The first kappa shape index (κ1) is 21.4. The molecule has 0 radical (unpaired) electrons. The summed E-state index contributed by atoms with van der Waals surface area (Å²) in [6.07, 6.45) is 3.52. The van der Waals surface area contributed by atoms with Gasteiger partial charge in [0.25, 0.3) is 5.88 Å². The quantitative estimate of drug-likeness (QED) is 0.395. The Morgan fingerprint density at radius 1 is 1.09 bits per heavy atom.